The number of anilines is 1. The maximum Gasteiger partial charge on any atom is 0.350 e. The summed E-state index contributed by atoms with van der Waals surface area (Å²) in [6.07, 6.45) is 0. The summed E-state index contributed by atoms with van der Waals surface area (Å²) in [6, 6.07) is 20.0. The zero-order chi connectivity index (χ0) is 30.0. The second kappa shape index (κ2) is 11.9. The van der Waals surface area contributed by atoms with Crippen molar-refractivity contribution in [1.82, 2.24) is 4.98 Å². The Balaban J connectivity index is 1.67. The number of nitrogens with zero attached hydrogens (tertiary/aromatic N) is 2. The number of ether oxygens (including phenoxy) is 3. The molecule has 0 aliphatic carbocycles. The monoisotopic (exact) mass is 584 g/mol. The molecular weight excluding hydrogens is 556 g/mol. The molecule has 9 nitrogen and oxygen atoms in total. The number of amides is 1. The number of rotatable bonds is 8. The SMILES string of the molecule is CCOC(=O)c1sc(N2C(=O)C(=O)C(=C(O)c3ccc(OC)c(C)c3)C2c2cccc(Oc3ccccc3)c2)nc1C. The largest absolute Gasteiger partial charge is 0.507 e. The van der Waals surface area contributed by atoms with Gasteiger partial charge < -0.3 is 19.3 Å². The summed E-state index contributed by atoms with van der Waals surface area (Å²) in [5.41, 5.74) is 1.82. The maximum atomic E-state index is 13.6. The molecule has 1 unspecified atom stereocenters. The van der Waals surface area contributed by atoms with Crippen molar-refractivity contribution in [3.05, 3.63) is 106 Å². The number of carbonyl (C=O) groups excluding carboxylic acids is 3. The van der Waals surface area contributed by atoms with Gasteiger partial charge in [0.15, 0.2) is 5.13 Å². The molecule has 1 N–H and O–H groups in total. The number of ketones is 1. The van der Waals surface area contributed by atoms with Crippen LogP contribution < -0.4 is 14.4 Å². The van der Waals surface area contributed by atoms with E-state index in [-0.39, 0.29) is 27.9 Å². The van der Waals surface area contributed by atoms with E-state index in [1.165, 1.54) is 4.90 Å². The molecule has 1 aromatic heterocycles. The zero-order valence-electron chi connectivity index (χ0n) is 23.4. The van der Waals surface area contributed by atoms with Crippen molar-refractivity contribution < 1.29 is 33.7 Å². The molecule has 0 bridgehead atoms. The average molecular weight is 585 g/mol. The summed E-state index contributed by atoms with van der Waals surface area (Å²) in [6.45, 7) is 5.31. The van der Waals surface area contributed by atoms with E-state index in [4.69, 9.17) is 14.2 Å². The Bertz CT molecular complexity index is 1710. The number of benzene rings is 3. The van der Waals surface area contributed by atoms with Crippen LogP contribution in [0.25, 0.3) is 5.76 Å². The zero-order valence-corrected chi connectivity index (χ0v) is 24.2. The number of hydrogen-bond acceptors (Lipinski definition) is 9. The van der Waals surface area contributed by atoms with E-state index in [1.807, 2.05) is 25.1 Å². The van der Waals surface area contributed by atoms with E-state index in [9.17, 15) is 19.5 Å². The minimum absolute atomic E-state index is 0.119. The molecule has 1 saturated heterocycles. The summed E-state index contributed by atoms with van der Waals surface area (Å²) in [4.78, 5) is 45.7. The van der Waals surface area contributed by atoms with Gasteiger partial charge in [0.05, 0.1) is 31.0 Å². The van der Waals surface area contributed by atoms with Gasteiger partial charge in [-0.3, -0.25) is 14.5 Å². The minimum Gasteiger partial charge on any atom is -0.507 e. The van der Waals surface area contributed by atoms with Gasteiger partial charge in [-0.25, -0.2) is 9.78 Å². The fraction of sp³-hybridized carbons (Fsp3) is 0.188. The first kappa shape index (κ1) is 28.6. The first-order valence-corrected chi connectivity index (χ1v) is 14.0. The Morgan fingerprint density at radius 1 is 1.00 bits per heavy atom. The summed E-state index contributed by atoms with van der Waals surface area (Å²) in [7, 11) is 1.54. The molecular formula is C32H28N2O7S. The molecule has 42 heavy (non-hydrogen) atoms. The molecule has 0 radical (unpaired) electrons. The van der Waals surface area contributed by atoms with Crippen LogP contribution >= 0.6 is 11.3 Å². The van der Waals surface area contributed by atoms with E-state index < -0.39 is 23.7 Å². The average Bonchev–Trinajstić information content (AvgIpc) is 3.49. The molecule has 10 heteroatoms. The normalized spacial score (nSPS) is 16.0. The second-order valence-electron chi connectivity index (χ2n) is 9.47. The Labute approximate surface area is 246 Å². The Morgan fingerprint density at radius 3 is 2.43 bits per heavy atom. The van der Waals surface area contributed by atoms with Crippen LogP contribution in [0.3, 0.4) is 0 Å². The third-order valence-electron chi connectivity index (χ3n) is 6.72. The highest BCUT2D eigenvalue weighted by atomic mass is 32.1. The van der Waals surface area contributed by atoms with Crippen molar-refractivity contribution in [2.45, 2.75) is 26.8 Å². The lowest BCUT2D eigenvalue weighted by molar-refractivity contribution is -0.132. The fourth-order valence-electron chi connectivity index (χ4n) is 4.77. The molecule has 1 aliphatic rings. The first-order chi connectivity index (χ1) is 20.2. The summed E-state index contributed by atoms with van der Waals surface area (Å²) >= 11 is 0.948. The van der Waals surface area contributed by atoms with Gasteiger partial charge in [-0.2, -0.15) is 0 Å². The van der Waals surface area contributed by atoms with Gasteiger partial charge in [-0.1, -0.05) is 41.7 Å². The highest BCUT2D eigenvalue weighted by molar-refractivity contribution is 7.17. The number of hydrogen-bond donors (Lipinski definition) is 1. The third-order valence-corrected chi connectivity index (χ3v) is 7.85. The maximum absolute atomic E-state index is 13.6. The molecule has 5 rings (SSSR count). The van der Waals surface area contributed by atoms with Crippen LogP contribution in [0.2, 0.25) is 0 Å². The number of Topliss-reactive ketones (excluding diaryl/α,β-unsaturated/α-hetero) is 1. The quantitative estimate of drug-likeness (QED) is 0.110. The van der Waals surface area contributed by atoms with Crippen molar-refractivity contribution in [3.8, 4) is 17.2 Å². The predicted octanol–water partition coefficient (Wildman–Crippen LogP) is 6.36. The predicted molar refractivity (Wildman–Crippen MR) is 158 cm³/mol. The molecule has 1 amide bonds. The summed E-state index contributed by atoms with van der Waals surface area (Å²) in [5.74, 6) is -1.01. The number of aliphatic hydroxyl groups excluding tert-OH is 1. The van der Waals surface area contributed by atoms with Gasteiger partial charge in [0, 0.05) is 5.56 Å². The topological polar surface area (TPSA) is 115 Å². The van der Waals surface area contributed by atoms with E-state index in [0.29, 0.717) is 34.1 Å². The standard InChI is InChI=1S/C32H28N2O7S/c1-5-40-31(38)29-19(3)33-32(42-29)34-26(20-10-9-13-23(17-20)41-22-11-7-6-8-12-22)25(28(36)30(34)37)27(35)21-14-15-24(39-4)18(2)16-21/h6-17,26,35H,5H2,1-4H3. The number of carbonyl (C=O) groups is 3. The number of para-hydroxylation sites is 1. The molecule has 0 spiro atoms. The molecule has 2 heterocycles. The Kier molecular flexibility index (Phi) is 8.08. The van der Waals surface area contributed by atoms with Crippen LogP contribution in [0.4, 0.5) is 5.13 Å². The van der Waals surface area contributed by atoms with Crippen LogP contribution in [0, 0.1) is 13.8 Å². The lowest BCUT2D eigenvalue weighted by Gasteiger charge is -2.23. The minimum atomic E-state index is -1.06. The highest BCUT2D eigenvalue weighted by Gasteiger charge is 2.48. The van der Waals surface area contributed by atoms with Crippen molar-refractivity contribution in [2.75, 3.05) is 18.6 Å². The van der Waals surface area contributed by atoms with Gasteiger partial charge in [0.2, 0.25) is 0 Å². The fourth-order valence-corrected chi connectivity index (χ4v) is 5.76. The van der Waals surface area contributed by atoms with E-state index in [1.54, 1.807) is 75.6 Å². The van der Waals surface area contributed by atoms with Crippen LogP contribution in [-0.4, -0.2) is 41.5 Å². The highest BCUT2D eigenvalue weighted by Crippen LogP contribution is 2.45. The number of aromatic nitrogens is 1. The molecule has 3 aromatic carbocycles. The van der Waals surface area contributed by atoms with Gasteiger partial charge >= 0.3 is 11.9 Å². The van der Waals surface area contributed by atoms with Gasteiger partial charge in [0.25, 0.3) is 5.78 Å². The Hall–Kier alpha value is -4.96. The number of aryl methyl sites for hydroxylation is 2. The number of esters is 1. The number of aliphatic hydroxyl groups is 1. The summed E-state index contributed by atoms with van der Waals surface area (Å²) in [5, 5.41) is 11.7. The molecule has 214 valence electrons. The Morgan fingerprint density at radius 2 is 1.74 bits per heavy atom. The van der Waals surface area contributed by atoms with E-state index >= 15 is 0 Å². The smallest absolute Gasteiger partial charge is 0.350 e. The van der Waals surface area contributed by atoms with E-state index in [0.717, 1.165) is 16.9 Å². The lowest BCUT2D eigenvalue weighted by Crippen LogP contribution is -2.29. The molecule has 0 saturated carbocycles. The van der Waals surface area contributed by atoms with Crippen LogP contribution in [0.5, 0.6) is 17.2 Å². The third kappa shape index (κ3) is 5.36. The molecule has 1 aliphatic heterocycles. The van der Waals surface area contributed by atoms with Crippen LogP contribution in [-0.2, 0) is 14.3 Å². The van der Waals surface area contributed by atoms with Crippen molar-refractivity contribution in [3.63, 3.8) is 0 Å². The molecule has 1 fully saturated rings. The number of thiazole rings is 1. The molecule has 1 atom stereocenters. The van der Waals surface area contributed by atoms with Crippen molar-refractivity contribution >= 4 is 39.9 Å². The lowest BCUT2D eigenvalue weighted by atomic mass is 9.94. The summed E-state index contributed by atoms with van der Waals surface area (Å²) < 4.78 is 16.5. The van der Waals surface area contributed by atoms with E-state index in [2.05, 4.69) is 4.98 Å². The van der Waals surface area contributed by atoms with Gasteiger partial charge in [0.1, 0.15) is 27.9 Å². The first-order valence-electron chi connectivity index (χ1n) is 13.2. The van der Waals surface area contributed by atoms with Gasteiger partial charge in [-0.15, -0.1) is 0 Å². The van der Waals surface area contributed by atoms with Crippen LogP contribution in [0.1, 0.15) is 45.0 Å². The molecule has 4 aromatic rings. The number of methoxy groups -OCH3 is 1. The van der Waals surface area contributed by atoms with Gasteiger partial charge in [-0.05, 0) is 74.4 Å². The van der Waals surface area contributed by atoms with Crippen molar-refractivity contribution in [1.29, 1.82) is 0 Å². The second-order valence-corrected chi connectivity index (χ2v) is 10.5. The van der Waals surface area contributed by atoms with Crippen molar-refractivity contribution in [2.24, 2.45) is 0 Å². The van der Waals surface area contributed by atoms with Crippen LogP contribution in [0.15, 0.2) is 78.4 Å².